The molecule has 1 heterocycles. The summed E-state index contributed by atoms with van der Waals surface area (Å²) in [4.78, 5) is 30.5. The number of ether oxygens (including phenoxy) is 3. The predicted octanol–water partition coefficient (Wildman–Crippen LogP) is 2.33. The molecule has 1 amide bonds. The Bertz CT molecular complexity index is 725. The van der Waals surface area contributed by atoms with Gasteiger partial charge in [-0.05, 0) is 6.92 Å². The van der Waals surface area contributed by atoms with Crippen LogP contribution in [0, 0.1) is 0 Å². The van der Waals surface area contributed by atoms with Crippen molar-refractivity contribution in [2.45, 2.75) is 12.1 Å². The number of hydrogen-bond acceptors (Lipinski definition) is 7. The van der Waals surface area contributed by atoms with Crippen LogP contribution in [0.25, 0.3) is 0 Å². The summed E-state index contributed by atoms with van der Waals surface area (Å²) in [5.74, 6) is 0.568. The molecule has 9 heteroatoms. The first-order chi connectivity index (χ1) is 12.0. The molecule has 0 saturated heterocycles. The van der Waals surface area contributed by atoms with E-state index in [1.165, 1.54) is 32.2 Å². The molecular weight excluding hydrogens is 346 g/mol. The zero-order chi connectivity index (χ0) is 18.2. The third-order valence-corrected chi connectivity index (χ3v) is 3.91. The first-order valence-corrected chi connectivity index (χ1v) is 8.42. The molecule has 1 aromatic carbocycles. The van der Waals surface area contributed by atoms with Crippen LogP contribution in [0.4, 0.5) is 5.69 Å². The fourth-order valence-corrected chi connectivity index (χ4v) is 2.55. The van der Waals surface area contributed by atoms with Crippen LogP contribution in [0.2, 0.25) is 0 Å². The van der Waals surface area contributed by atoms with Crippen LogP contribution in [0.1, 0.15) is 17.4 Å². The van der Waals surface area contributed by atoms with Crippen molar-refractivity contribution in [3.8, 4) is 11.5 Å². The highest BCUT2D eigenvalue weighted by Gasteiger charge is 2.12. The number of benzene rings is 1. The number of thioether (sulfide) groups is 1. The minimum Gasteiger partial charge on any atom is -0.497 e. The van der Waals surface area contributed by atoms with Crippen LogP contribution >= 0.6 is 11.8 Å². The average molecular weight is 365 g/mol. The first-order valence-electron chi connectivity index (χ1n) is 7.43. The van der Waals surface area contributed by atoms with Crippen LogP contribution < -0.4 is 14.8 Å². The van der Waals surface area contributed by atoms with Crippen molar-refractivity contribution in [2.24, 2.45) is 0 Å². The van der Waals surface area contributed by atoms with Crippen molar-refractivity contribution in [3.63, 3.8) is 0 Å². The molecule has 2 rings (SSSR count). The van der Waals surface area contributed by atoms with Crippen LogP contribution in [0.15, 0.2) is 29.6 Å². The Labute approximate surface area is 149 Å². The summed E-state index contributed by atoms with van der Waals surface area (Å²) in [7, 11) is 3.07. The SMILES string of the molecule is CCOC(=O)c1cnc(SCC(=O)Nc2cc(OC)cc(OC)c2)[nH]1. The van der Waals surface area contributed by atoms with Gasteiger partial charge in [0, 0.05) is 23.9 Å². The lowest BCUT2D eigenvalue weighted by molar-refractivity contribution is -0.113. The molecule has 0 saturated carbocycles. The number of H-pyrrole nitrogens is 1. The molecule has 0 bridgehead atoms. The number of rotatable bonds is 8. The van der Waals surface area contributed by atoms with Gasteiger partial charge < -0.3 is 24.5 Å². The van der Waals surface area contributed by atoms with Crippen molar-refractivity contribution in [1.82, 2.24) is 9.97 Å². The Morgan fingerprint density at radius 2 is 1.88 bits per heavy atom. The first kappa shape index (κ1) is 18.7. The van der Waals surface area contributed by atoms with Crippen molar-refractivity contribution in [2.75, 3.05) is 31.9 Å². The monoisotopic (exact) mass is 365 g/mol. The second kappa shape index (κ2) is 8.97. The number of hydrogen-bond donors (Lipinski definition) is 2. The second-order valence-electron chi connectivity index (χ2n) is 4.76. The third-order valence-electron chi connectivity index (χ3n) is 3.02. The van der Waals surface area contributed by atoms with Gasteiger partial charge >= 0.3 is 5.97 Å². The summed E-state index contributed by atoms with van der Waals surface area (Å²) in [6.45, 7) is 2.01. The molecule has 25 heavy (non-hydrogen) atoms. The molecule has 1 aromatic heterocycles. The van der Waals surface area contributed by atoms with Crippen LogP contribution in [0.5, 0.6) is 11.5 Å². The zero-order valence-corrected chi connectivity index (χ0v) is 14.9. The van der Waals surface area contributed by atoms with Gasteiger partial charge in [-0.2, -0.15) is 0 Å². The van der Waals surface area contributed by atoms with Gasteiger partial charge in [-0.3, -0.25) is 4.79 Å². The van der Waals surface area contributed by atoms with E-state index in [0.29, 0.717) is 22.3 Å². The maximum absolute atomic E-state index is 12.1. The maximum Gasteiger partial charge on any atom is 0.356 e. The highest BCUT2D eigenvalue weighted by molar-refractivity contribution is 7.99. The molecule has 0 aliphatic rings. The van der Waals surface area contributed by atoms with Crippen LogP contribution in [-0.2, 0) is 9.53 Å². The van der Waals surface area contributed by atoms with E-state index in [9.17, 15) is 9.59 Å². The van der Waals surface area contributed by atoms with Gasteiger partial charge in [-0.25, -0.2) is 9.78 Å². The van der Waals surface area contributed by atoms with Gasteiger partial charge in [-0.15, -0.1) is 0 Å². The lowest BCUT2D eigenvalue weighted by Gasteiger charge is -2.09. The fourth-order valence-electron chi connectivity index (χ4n) is 1.90. The quantitative estimate of drug-likeness (QED) is 0.547. The molecule has 0 aliphatic heterocycles. The number of nitrogens with one attached hydrogen (secondary N) is 2. The second-order valence-corrected chi connectivity index (χ2v) is 5.72. The Hall–Kier alpha value is -2.68. The summed E-state index contributed by atoms with van der Waals surface area (Å²) in [6.07, 6.45) is 1.38. The standard InChI is InChI=1S/C16H19N3O5S/c1-4-24-15(21)13-8-17-16(19-13)25-9-14(20)18-10-5-11(22-2)7-12(6-10)23-3/h5-8H,4,9H2,1-3H3,(H,17,19)(H,18,20). The van der Waals surface area contributed by atoms with Gasteiger partial charge in [0.15, 0.2) is 5.16 Å². The number of amides is 1. The van der Waals surface area contributed by atoms with E-state index in [-0.39, 0.29) is 24.0 Å². The lowest BCUT2D eigenvalue weighted by atomic mass is 10.2. The summed E-state index contributed by atoms with van der Waals surface area (Å²) < 4.78 is 15.2. The number of aromatic nitrogens is 2. The van der Waals surface area contributed by atoms with Gasteiger partial charge in [0.1, 0.15) is 17.2 Å². The molecule has 0 spiro atoms. The molecule has 0 unspecified atom stereocenters. The van der Waals surface area contributed by atoms with Crippen LogP contribution in [-0.4, -0.2) is 48.4 Å². The van der Waals surface area contributed by atoms with Gasteiger partial charge in [0.05, 0.1) is 32.8 Å². The third kappa shape index (κ3) is 5.42. The average Bonchev–Trinajstić information content (AvgIpc) is 3.09. The minimum atomic E-state index is -0.477. The number of anilines is 1. The molecule has 0 radical (unpaired) electrons. The van der Waals surface area contributed by atoms with E-state index in [1.54, 1.807) is 25.1 Å². The number of imidazole rings is 1. The Morgan fingerprint density at radius 1 is 1.20 bits per heavy atom. The molecule has 134 valence electrons. The molecule has 0 fully saturated rings. The highest BCUT2D eigenvalue weighted by atomic mass is 32.2. The number of carbonyl (C=O) groups excluding carboxylic acids is 2. The normalized spacial score (nSPS) is 10.2. The van der Waals surface area contributed by atoms with Crippen LogP contribution in [0.3, 0.4) is 0 Å². The van der Waals surface area contributed by atoms with E-state index < -0.39 is 5.97 Å². The number of methoxy groups -OCH3 is 2. The Morgan fingerprint density at radius 3 is 2.48 bits per heavy atom. The molecule has 2 N–H and O–H groups in total. The van der Waals surface area contributed by atoms with E-state index >= 15 is 0 Å². The lowest BCUT2D eigenvalue weighted by Crippen LogP contribution is -2.14. The van der Waals surface area contributed by atoms with E-state index in [2.05, 4.69) is 15.3 Å². The molecule has 0 atom stereocenters. The fraction of sp³-hybridized carbons (Fsp3) is 0.312. The largest absolute Gasteiger partial charge is 0.497 e. The highest BCUT2D eigenvalue weighted by Crippen LogP contribution is 2.26. The number of nitrogens with zero attached hydrogens (tertiary/aromatic N) is 1. The number of esters is 1. The number of carbonyl (C=O) groups is 2. The zero-order valence-electron chi connectivity index (χ0n) is 14.1. The van der Waals surface area contributed by atoms with E-state index in [4.69, 9.17) is 14.2 Å². The Kier molecular flexibility index (Phi) is 6.70. The smallest absolute Gasteiger partial charge is 0.356 e. The summed E-state index contributed by atoms with van der Waals surface area (Å²) >= 11 is 1.18. The van der Waals surface area contributed by atoms with E-state index in [1.807, 2.05) is 0 Å². The predicted molar refractivity (Wildman–Crippen MR) is 93.4 cm³/mol. The van der Waals surface area contributed by atoms with Crippen molar-refractivity contribution in [3.05, 3.63) is 30.1 Å². The van der Waals surface area contributed by atoms with Crippen molar-refractivity contribution < 1.29 is 23.8 Å². The summed E-state index contributed by atoms with van der Waals surface area (Å²) in [5, 5.41) is 3.22. The van der Waals surface area contributed by atoms with Gasteiger partial charge in [0.2, 0.25) is 5.91 Å². The minimum absolute atomic E-state index is 0.120. The molecular formula is C16H19N3O5S. The molecule has 0 aliphatic carbocycles. The van der Waals surface area contributed by atoms with Crippen molar-refractivity contribution in [1.29, 1.82) is 0 Å². The van der Waals surface area contributed by atoms with Gasteiger partial charge in [0.25, 0.3) is 0 Å². The van der Waals surface area contributed by atoms with Gasteiger partial charge in [-0.1, -0.05) is 11.8 Å². The Balaban J connectivity index is 1.92. The topological polar surface area (TPSA) is 103 Å². The molecule has 8 nitrogen and oxygen atoms in total. The van der Waals surface area contributed by atoms with Crippen molar-refractivity contribution >= 4 is 29.3 Å². The summed E-state index contributed by atoms with van der Waals surface area (Å²) in [6, 6.07) is 5.10. The summed E-state index contributed by atoms with van der Waals surface area (Å²) in [5.41, 5.74) is 0.816. The van der Waals surface area contributed by atoms with E-state index in [0.717, 1.165) is 0 Å². The number of aromatic amines is 1. The molecule has 2 aromatic rings. The maximum atomic E-state index is 12.1.